The van der Waals surface area contributed by atoms with Crippen LogP contribution in [0.15, 0.2) is 0 Å². The van der Waals surface area contributed by atoms with Gasteiger partial charge in [-0.05, 0) is 67.1 Å². The van der Waals surface area contributed by atoms with Crippen molar-refractivity contribution in [2.24, 2.45) is 59.2 Å². The van der Waals surface area contributed by atoms with Gasteiger partial charge in [0.25, 0.3) is 0 Å². The van der Waals surface area contributed by atoms with Crippen LogP contribution >= 0.6 is 0 Å². The molecule has 0 aromatic rings. The first-order valence-corrected chi connectivity index (χ1v) is 21.4. The van der Waals surface area contributed by atoms with E-state index in [0.717, 1.165) is 42.4 Å². The molecular formula is C48H112F4. The molecule has 0 amide bonds. The van der Waals surface area contributed by atoms with Gasteiger partial charge in [0.2, 0.25) is 5.92 Å². The summed E-state index contributed by atoms with van der Waals surface area (Å²) in [6.07, 6.45) is 7.38. The Morgan fingerprint density at radius 2 is 0.615 bits per heavy atom. The largest absolute Gasteiger partial charge is 0.251 e. The molecule has 0 spiro atoms. The second-order valence-corrected chi connectivity index (χ2v) is 18.2. The molecule has 0 aromatic carbocycles. The summed E-state index contributed by atoms with van der Waals surface area (Å²) in [4.78, 5) is 0. The minimum absolute atomic E-state index is 0.185. The SMILES string of the molecule is CC(C)C.CC(C)C.CC(C)C(C)(F)F.CC(C)C(C)F.CC(C)CF.CCC(C)C.CCC(C)C.CCCC(C)C.CCCC(C)C.[2H]C([2H])([2H])C(C)C. The first-order chi connectivity index (χ1) is 24.3. The highest BCUT2D eigenvalue weighted by Gasteiger charge is 2.25. The zero-order valence-electron chi connectivity index (χ0n) is 44.8. The molecule has 4 heteroatoms. The Morgan fingerprint density at radius 1 is 0.462 bits per heavy atom. The van der Waals surface area contributed by atoms with Gasteiger partial charge in [-0.15, -0.1) is 0 Å². The molecule has 0 aliphatic heterocycles. The van der Waals surface area contributed by atoms with Gasteiger partial charge in [-0.1, -0.05) is 225 Å². The standard InChI is InChI=1S/2C6H14.C5H10F2.C5H11F.2C5H12.C4H9F.3C4H10/c2*1-4-5-6(2)3;1-4(2)5(3,6)7;1-4(2)5(3)6;2*1-4-5(2)3;1-4(2)3-5;3*1-4(2)3/h2*6H,4-5H2,1-3H3;4H,1-3H3;4-5H,1-3H3;2*5H,4H2,1-3H3;4H,3H2,1-2H3;3*4H,1-3H3/i;;;;;;;1D3;;. The van der Waals surface area contributed by atoms with Gasteiger partial charge in [0, 0.05) is 10.0 Å². The average Bonchev–Trinajstić information content (AvgIpc) is 2.97. The van der Waals surface area contributed by atoms with E-state index in [-0.39, 0.29) is 24.4 Å². The van der Waals surface area contributed by atoms with Crippen molar-refractivity contribution in [3.63, 3.8) is 0 Å². The van der Waals surface area contributed by atoms with Gasteiger partial charge in [-0.25, -0.2) is 13.2 Å². The third kappa shape index (κ3) is 250. The van der Waals surface area contributed by atoms with Crippen LogP contribution in [0.5, 0.6) is 0 Å². The Bertz CT molecular complexity index is 524. The molecule has 0 nitrogen and oxygen atoms in total. The molecule has 0 saturated carbocycles. The maximum absolute atomic E-state index is 11.8. The van der Waals surface area contributed by atoms with Crippen molar-refractivity contribution in [1.29, 1.82) is 0 Å². The summed E-state index contributed by atoms with van der Waals surface area (Å²) in [6, 6.07) is 0. The number of rotatable bonds is 9. The molecule has 1 atom stereocenters. The first kappa shape index (κ1) is 66.5. The molecule has 0 radical (unpaired) electrons. The van der Waals surface area contributed by atoms with Gasteiger partial charge >= 0.3 is 0 Å². The molecule has 0 aromatic heterocycles. The van der Waals surface area contributed by atoms with E-state index in [1.807, 2.05) is 27.7 Å². The second-order valence-electron chi connectivity index (χ2n) is 18.2. The quantitative estimate of drug-likeness (QED) is 0.205. The van der Waals surface area contributed by atoms with E-state index in [4.69, 9.17) is 4.11 Å². The monoisotopic (exact) mass is 768 g/mol. The van der Waals surface area contributed by atoms with Crippen molar-refractivity contribution in [3.05, 3.63) is 0 Å². The van der Waals surface area contributed by atoms with Gasteiger partial charge in [-0.2, -0.15) is 0 Å². The van der Waals surface area contributed by atoms with Crippen molar-refractivity contribution >= 4 is 0 Å². The molecule has 1 unspecified atom stereocenters. The van der Waals surface area contributed by atoms with Crippen molar-refractivity contribution < 1.29 is 21.7 Å². The number of hydrogen-bond acceptors (Lipinski definition) is 0. The van der Waals surface area contributed by atoms with Gasteiger partial charge in [-0.3, -0.25) is 4.39 Å². The topological polar surface area (TPSA) is 0 Å². The van der Waals surface area contributed by atoms with E-state index < -0.39 is 24.9 Å². The lowest BCUT2D eigenvalue weighted by atomic mass is 10.1. The summed E-state index contributed by atoms with van der Waals surface area (Å²) in [5.74, 6) is 2.40. The van der Waals surface area contributed by atoms with Gasteiger partial charge in [0.15, 0.2) is 0 Å². The third-order valence-corrected chi connectivity index (χ3v) is 5.61. The van der Waals surface area contributed by atoms with Crippen molar-refractivity contribution in [2.75, 3.05) is 6.67 Å². The Labute approximate surface area is 338 Å². The molecule has 332 valence electrons. The molecule has 0 fully saturated rings. The molecule has 0 N–H and O–H groups in total. The third-order valence-electron chi connectivity index (χ3n) is 5.61. The van der Waals surface area contributed by atoms with E-state index in [1.54, 1.807) is 20.8 Å². The smallest absolute Gasteiger partial charge is 0.247 e. The fourth-order valence-corrected chi connectivity index (χ4v) is 1.15. The minimum Gasteiger partial charge on any atom is -0.251 e. The predicted molar refractivity (Wildman–Crippen MR) is 243 cm³/mol. The van der Waals surface area contributed by atoms with Crippen LogP contribution in [0.4, 0.5) is 17.6 Å². The van der Waals surface area contributed by atoms with Gasteiger partial charge in [0.05, 0.1) is 12.8 Å². The molecule has 0 rings (SSSR count). The Hall–Kier alpha value is -0.280. The van der Waals surface area contributed by atoms with E-state index in [0.29, 0.717) is 0 Å². The van der Waals surface area contributed by atoms with Crippen molar-refractivity contribution in [2.45, 2.75) is 251 Å². The maximum atomic E-state index is 11.8. The average molecular weight is 768 g/mol. The van der Waals surface area contributed by atoms with Crippen LogP contribution in [-0.2, 0) is 0 Å². The zero-order chi connectivity index (χ0) is 47.3. The molecule has 0 aliphatic rings. The fraction of sp³-hybridized carbons (Fsp3) is 1.00. The van der Waals surface area contributed by atoms with Crippen LogP contribution in [0.1, 0.15) is 243 Å². The van der Waals surface area contributed by atoms with Crippen molar-refractivity contribution in [3.8, 4) is 0 Å². The molecule has 0 aliphatic carbocycles. The normalized spacial score (nSPS) is 11.8. The summed E-state index contributed by atoms with van der Waals surface area (Å²) in [5, 5.41) is 0. The van der Waals surface area contributed by atoms with Crippen LogP contribution < -0.4 is 0 Å². The number of hydrogen-bond donors (Lipinski definition) is 0. The summed E-state index contributed by atoms with van der Waals surface area (Å²) < 4.78 is 66.8. The van der Waals surface area contributed by atoms with E-state index in [1.165, 1.54) is 52.4 Å². The number of halogens is 4. The fourth-order valence-electron chi connectivity index (χ4n) is 1.15. The zero-order valence-corrected chi connectivity index (χ0v) is 41.8. The Kier molecular flexibility index (Phi) is 76.7. The first-order valence-electron chi connectivity index (χ1n) is 22.9. The van der Waals surface area contributed by atoms with Gasteiger partial charge in [0.1, 0.15) is 0 Å². The minimum atomic E-state index is -2.50. The molecule has 0 saturated heterocycles. The molecule has 0 heterocycles. The van der Waals surface area contributed by atoms with Crippen LogP contribution in [-0.4, -0.2) is 18.8 Å². The second kappa shape index (κ2) is 60.0. The summed E-state index contributed by atoms with van der Waals surface area (Å²) in [6.45, 7) is 54.1. The lowest BCUT2D eigenvalue weighted by molar-refractivity contribution is -0.0251. The van der Waals surface area contributed by atoms with Crippen LogP contribution in [0, 0.1) is 59.2 Å². The summed E-state index contributed by atoms with van der Waals surface area (Å²) in [7, 11) is 0. The van der Waals surface area contributed by atoms with Crippen LogP contribution in [0.3, 0.4) is 0 Å². The highest BCUT2D eigenvalue weighted by Crippen LogP contribution is 2.21. The van der Waals surface area contributed by atoms with Crippen LogP contribution in [0.25, 0.3) is 0 Å². The van der Waals surface area contributed by atoms with E-state index >= 15 is 0 Å². The summed E-state index contributed by atoms with van der Waals surface area (Å²) in [5.41, 5.74) is 0. The lowest BCUT2D eigenvalue weighted by Gasteiger charge is -2.12. The molecular weight excluding hydrogens is 653 g/mol. The summed E-state index contributed by atoms with van der Waals surface area (Å²) >= 11 is 0. The highest BCUT2D eigenvalue weighted by atomic mass is 19.3. The lowest BCUT2D eigenvalue weighted by Crippen LogP contribution is -2.17. The van der Waals surface area contributed by atoms with E-state index in [2.05, 4.69) is 125 Å². The number of alkyl halides is 4. The maximum Gasteiger partial charge on any atom is 0.247 e. The van der Waals surface area contributed by atoms with E-state index in [9.17, 15) is 17.6 Å². The Balaban J connectivity index is -0.0000000514. The van der Waals surface area contributed by atoms with Crippen LogP contribution in [0.2, 0.25) is 0 Å². The Morgan fingerprint density at radius 3 is 0.615 bits per heavy atom. The molecule has 52 heavy (non-hydrogen) atoms. The predicted octanol–water partition coefficient (Wildman–Crippen LogP) is 19.9. The van der Waals surface area contributed by atoms with Gasteiger partial charge < -0.3 is 0 Å². The van der Waals surface area contributed by atoms with Crippen molar-refractivity contribution in [1.82, 2.24) is 0 Å². The highest BCUT2D eigenvalue weighted by molar-refractivity contribution is 4.61. The molecule has 0 bridgehead atoms.